The quantitative estimate of drug-likeness (QED) is 0.774. The monoisotopic (exact) mass is 351 g/mol. The molecule has 1 atom stereocenters. The van der Waals surface area contributed by atoms with Crippen molar-refractivity contribution < 1.29 is 4.74 Å². The second-order valence-electron chi connectivity index (χ2n) is 6.41. The van der Waals surface area contributed by atoms with Crippen LogP contribution in [0.5, 0.6) is 0 Å². The highest BCUT2D eigenvalue weighted by molar-refractivity contribution is 5.47. The zero-order chi connectivity index (χ0) is 17.9. The molecule has 4 heterocycles. The van der Waals surface area contributed by atoms with Crippen LogP contribution in [0.15, 0.2) is 53.6 Å². The number of ether oxygens (including phenoxy) is 1. The fraction of sp³-hybridized carbons (Fsp3) is 0.316. The molecule has 134 valence electrons. The second-order valence-corrected chi connectivity index (χ2v) is 6.41. The van der Waals surface area contributed by atoms with Gasteiger partial charge in [0.15, 0.2) is 0 Å². The minimum Gasteiger partial charge on any atom is -0.375 e. The maximum absolute atomic E-state index is 12.1. The Bertz CT molecular complexity index is 954. The standard InChI is InChI=1S/C19H21N5O2/c1-14-13-23(8-9-26-14)17-6-5-15(12-21-17)11-20-16-10-19(25)24-7-3-2-4-18(24)22-16/h2-7,10,12,14,20H,8-9,11,13H2,1H3. The van der Waals surface area contributed by atoms with Crippen LogP contribution in [0.2, 0.25) is 0 Å². The lowest BCUT2D eigenvalue weighted by atomic mass is 10.2. The maximum Gasteiger partial charge on any atom is 0.259 e. The molecule has 26 heavy (non-hydrogen) atoms. The molecule has 4 rings (SSSR count). The van der Waals surface area contributed by atoms with Crippen LogP contribution in [-0.4, -0.2) is 40.2 Å². The Morgan fingerprint density at radius 1 is 1.31 bits per heavy atom. The number of hydrogen-bond donors (Lipinski definition) is 1. The van der Waals surface area contributed by atoms with E-state index in [-0.39, 0.29) is 11.7 Å². The molecule has 0 radical (unpaired) electrons. The number of anilines is 2. The molecule has 1 unspecified atom stereocenters. The van der Waals surface area contributed by atoms with E-state index >= 15 is 0 Å². The third-order valence-corrected chi connectivity index (χ3v) is 4.42. The van der Waals surface area contributed by atoms with Crippen molar-refractivity contribution in [2.45, 2.75) is 19.6 Å². The molecule has 0 bridgehead atoms. The number of pyridine rings is 2. The van der Waals surface area contributed by atoms with Gasteiger partial charge in [0.1, 0.15) is 17.3 Å². The fourth-order valence-corrected chi connectivity index (χ4v) is 3.07. The first kappa shape index (κ1) is 16.5. The molecule has 1 aliphatic heterocycles. The van der Waals surface area contributed by atoms with Gasteiger partial charge in [0.2, 0.25) is 0 Å². The Balaban J connectivity index is 1.44. The van der Waals surface area contributed by atoms with Gasteiger partial charge in [-0.25, -0.2) is 9.97 Å². The number of nitrogens with zero attached hydrogens (tertiary/aromatic N) is 4. The van der Waals surface area contributed by atoms with Crippen LogP contribution in [0.3, 0.4) is 0 Å². The van der Waals surface area contributed by atoms with Crippen LogP contribution in [0.25, 0.3) is 5.65 Å². The first-order valence-corrected chi connectivity index (χ1v) is 8.73. The average Bonchev–Trinajstić information content (AvgIpc) is 2.67. The molecular weight excluding hydrogens is 330 g/mol. The molecule has 0 amide bonds. The van der Waals surface area contributed by atoms with E-state index in [0.717, 1.165) is 31.1 Å². The van der Waals surface area contributed by atoms with Gasteiger partial charge in [-0.05, 0) is 30.7 Å². The number of hydrogen-bond acceptors (Lipinski definition) is 6. The molecule has 1 aliphatic rings. The van der Waals surface area contributed by atoms with E-state index in [0.29, 0.717) is 18.0 Å². The van der Waals surface area contributed by atoms with E-state index in [1.165, 1.54) is 10.5 Å². The van der Waals surface area contributed by atoms with Gasteiger partial charge in [-0.1, -0.05) is 12.1 Å². The maximum atomic E-state index is 12.1. The van der Waals surface area contributed by atoms with Gasteiger partial charge in [-0.15, -0.1) is 0 Å². The Kier molecular flexibility index (Phi) is 4.53. The van der Waals surface area contributed by atoms with Gasteiger partial charge in [0.25, 0.3) is 5.56 Å². The lowest BCUT2D eigenvalue weighted by molar-refractivity contribution is 0.0529. The molecule has 0 spiro atoms. The van der Waals surface area contributed by atoms with Gasteiger partial charge >= 0.3 is 0 Å². The molecular formula is C19H21N5O2. The summed E-state index contributed by atoms with van der Waals surface area (Å²) >= 11 is 0. The third-order valence-electron chi connectivity index (χ3n) is 4.42. The Hall–Kier alpha value is -2.93. The normalized spacial score (nSPS) is 17.4. The zero-order valence-corrected chi connectivity index (χ0v) is 14.6. The second kappa shape index (κ2) is 7.13. The number of rotatable bonds is 4. The highest BCUT2D eigenvalue weighted by atomic mass is 16.5. The zero-order valence-electron chi connectivity index (χ0n) is 14.6. The number of morpholine rings is 1. The summed E-state index contributed by atoms with van der Waals surface area (Å²) < 4.78 is 7.09. The Morgan fingerprint density at radius 2 is 2.23 bits per heavy atom. The van der Waals surface area contributed by atoms with Gasteiger partial charge in [-0.2, -0.15) is 0 Å². The number of nitrogens with one attached hydrogen (secondary N) is 1. The molecule has 1 fully saturated rings. The smallest absolute Gasteiger partial charge is 0.259 e. The minimum absolute atomic E-state index is 0.104. The molecule has 3 aromatic heterocycles. The van der Waals surface area contributed by atoms with Gasteiger partial charge in [0, 0.05) is 38.1 Å². The van der Waals surface area contributed by atoms with Crippen molar-refractivity contribution in [2.75, 3.05) is 29.9 Å². The molecule has 1 saturated heterocycles. The van der Waals surface area contributed by atoms with Crippen molar-refractivity contribution in [3.05, 3.63) is 64.7 Å². The van der Waals surface area contributed by atoms with Crippen LogP contribution in [0.4, 0.5) is 11.6 Å². The summed E-state index contributed by atoms with van der Waals surface area (Å²) in [6, 6.07) is 11.1. The van der Waals surface area contributed by atoms with Crippen LogP contribution in [-0.2, 0) is 11.3 Å². The summed E-state index contributed by atoms with van der Waals surface area (Å²) in [5.41, 5.74) is 1.55. The van der Waals surface area contributed by atoms with E-state index < -0.39 is 0 Å². The lowest BCUT2D eigenvalue weighted by Crippen LogP contribution is -2.41. The summed E-state index contributed by atoms with van der Waals surface area (Å²) in [6.45, 7) is 5.08. The summed E-state index contributed by atoms with van der Waals surface area (Å²) in [4.78, 5) is 23.4. The van der Waals surface area contributed by atoms with E-state index in [4.69, 9.17) is 4.74 Å². The first-order chi connectivity index (χ1) is 12.7. The largest absolute Gasteiger partial charge is 0.375 e. The molecule has 0 aromatic carbocycles. The first-order valence-electron chi connectivity index (χ1n) is 8.73. The fourth-order valence-electron chi connectivity index (χ4n) is 3.07. The van der Waals surface area contributed by atoms with E-state index in [1.807, 2.05) is 36.5 Å². The minimum atomic E-state index is -0.104. The average molecular weight is 351 g/mol. The summed E-state index contributed by atoms with van der Waals surface area (Å²) in [6.07, 6.45) is 3.80. The SMILES string of the molecule is CC1CN(c2ccc(CNc3cc(=O)n4ccccc4n3)cn2)CCO1. The number of aromatic nitrogens is 3. The molecule has 3 aromatic rings. The molecule has 1 N–H and O–H groups in total. The van der Waals surface area contributed by atoms with Crippen molar-refractivity contribution in [2.24, 2.45) is 0 Å². The topological polar surface area (TPSA) is 71.8 Å². The van der Waals surface area contributed by atoms with Crippen LogP contribution < -0.4 is 15.8 Å². The summed E-state index contributed by atoms with van der Waals surface area (Å²) in [5.74, 6) is 1.53. The number of fused-ring (bicyclic) bond motifs is 1. The van der Waals surface area contributed by atoms with Gasteiger partial charge < -0.3 is 15.0 Å². The molecule has 7 heteroatoms. The predicted molar refractivity (Wildman–Crippen MR) is 101 cm³/mol. The predicted octanol–water partition coefficient (Wildman–Crippen LogP) is 1.93. The van der Waals surface area contributed by atoms with E-state index in [2.05, 4.69) is 27.1 Å². The van der Waals surface area contributed by atoms with Crippen molar-refractivity contribution in [1.29, 1.82) is 0 Å². The van der Waals surface area contributed by atoms with Crippen LogP contribution in [0, 0.1) is 0 Å². The van der Waals surface area contributed by atoms with E-state index in [9.17, 15) is 4.79 Å². The van der Waals surface area contributed by atoms with Crippen molar-refractivity contribution >= 4 is 17.3 Å². The molecule has 0 saturated carbocycles. The lowest BCUT2D eigenvalue weighted by Gasteiger charge is -2.32. The van der Waals surface area contributed by atoms with Crippen molar-refractivity contribution in [3.8, 4) is 0 Å². The van der Waals surface area contributed by atoms with Gasteiger partial charge in [0.05, 0.1) is 12.7 Å². The van der Waals surface area contributed by atoms with Crippen molar-refractivity contribution in [1.82, 2.24) is 14.4 Å². The van der Waals surface area contributed by atoms with Crippen molar-refractivity contribution in [3.63, 3.8) is 0 Å². The molecule has 7 nitrogen and oxygen atoms in total. The summed E-state index contributed by atoms with van der Waals surface area (Å²) in [5, 5.41) is 3.20. The third kappa shape index (κ3) is 3.52. The van der Waals surface area contributed by atoms with E-state index in [1.54, 1.807) is 6.20 Å². The van der Waals surface area contributed by atoms with Crippen LogP contribution in [0.1, 0.15) is 12.5 Å². The molecule has 0 aliphatic carbocycles. The Labute approximate surface area is 151 Å². The van der Waals surface area contributed by atoms with Crippen LogP contribution >= 0.6 is 0 Å². The van der Waals surface area contributed by atoms with Gasteiger partial charge in [-0.3, -0.25) is 9.20 Å². The highest BCUT2D eigenvalue weighted by Crippen LogP contribution is 2.16. The Morgan fingerprint density at radius 3 is 3.04 bits per heavy atom. The summed E-state index contributed by atoms with van der Waals surface area (Å²) in [7, 11) is 0. The highest BCUT2D eigenvalue weighted by Gasteiger charge is 2.17.